The van der Waals surface area contributed by atoms with Crippen LogP contribution < -0.4 is 10.2 Å². The summed E-state index contributed by atoms with van der Waals surface area (Å²) in [5.41, 5.74) is -0.852. The number of aliphatic hydroxyl groups excluding tert-OH is 1. The van der Waals surface area contributed by atoms with Gasteiger partial charge in [0.05, 0.1) is 16.1 Å². The van der Waals surface area contributed by atoms with Crippen LogP contribution in [0.25, 0.3) is 0 Å². The molecule has 136 valence electrons. The molecule has 1 aliphatic heterocycles. The van der Waals surface area contributed by atoms with Crippen LogP contribution in [0.15, 0.2) is 47.7 Å². The van der Waals surface area contributed by atoms with Gasteiger partial charge in [-0.1, -0.05) is 6.07 Å². The number of non-ortho nitro benzene ring substituents is 1. The standard InChI is InChI=1S/C16H16N4O6/c1-16(2)15(21)14(18-8-4-3-5-13(18)17-20(24)25)11-9-10(19(22)23)6-7-12(11)26-16/h3-9,14-15,21H,1-2H3. The SMILES string of the molecule is CC1(C)Oc2ccc([N+](=O)[O-])cc2C(n2ccccc2=N[N+](=O)[O-])C1O. The van der Waals surface area contributed by atoms with Crippen LogP contribution in [-0.4, -0.2) is 31.3 Å². The normalized spacial score (nSPS) is 21.6. The number of aliphatic hydroxyl groups is 1. The molecule has 10 heteroatoms. The van der Waals surface area contributed by atoms with Crippen LogP contribution in [0.2, 0.25) is 0 Å². The molecule has 0 bridgehead atoms. The Hall–Kier alpha value is -3.27. The van der Waals surface area contributed by atoms with E-state index in [-0.39, 0.29) is 11.2 Å². The molecule has 2 aromatic rings. The van der Waals surface area contributed by atoms with Gasteiger partial charge in [0.25, 0.3) is 5.69 Å². The van der Waals surface area contributed by atoms with Crippen molar-refractivity contribution in [1.29, 1.82) is 0 Å². The van der Waals surface area contributed by atoms with E-state index in [4.69, 9.17) is 4.74 Å². The molecule has 0 fully saturated rings. The van der Waals surface area contributed by atoms with Crippen molar-refractivity contribution in [3.8, 4) is 5.75 Å². The Labute approximate surface area is 147 Å². The lowest BCUT2D eigenvalue weighted by atomic mass is 9.86. The highest BCUT2D eigenvalue weighted by Crippen LogP contribution is 2.42. The first kappa shape index (κ1) is 17.5. The summed E-state index contributed by atoms with van der Waals surface area (Å²) < 4.78 is 7.21. The molecule has 0 amide bonds. The molecular formula is C16H16N4O6. The molecule has 0 radical (unpaired) electrons. The Morgan fingerprint density at radius 2 is 1.96 bits per heavy atom. The summed E-state index contributed by atoms with van der Waals surface area (Å²) >= 11 is 0. The number of pyridine rings is 1. The third-order valence-electron chi connectivity index (χ3n) is 4.26. The smallest absolute Gasteiger partial charge is 0.270 e. The van der Waals surface area contributed by atoms with Crippen LogP contribution in [0.5, 0.6) is 5.75 Å². The van der Waals surface area contributed by atoms with Crippen molar-refractivity contribution in [3.05, 3.63) is 73.9 Å². The Morgan fingerprint density at radius 3 is 2.62 bits per heavy atom. The Balaban J connectivity index is 2.29. The number of fused-ring (bicyclic) bond motifs is 1. The highest BCUT2D eigenvalue weighted by molar-refractivity contribution is 5.48. The molecule has 1 aliphatic rings. The lowest BCUT2D eigenvalue weighted by molar-refractivity contribution is -0.491. The van der Waals surface area contributed by atoms with E-state index in [1.54, 1.807) is 26.0 Å². The number of nitrogens with zero attached hydrogens (tertiary/aromatic N) is 4. The predicted molar refractivity (Wildman–Crippen MR) is 88.9 cm³/mol. The highest BCUT2D eigenvalue weighted by Gasteiger charge is 2.44. The van der Waals surface area contributed by atoms with Gasteiger partial charge in [-0.3, -0.25) is 10.1 Å². The summed E-state index contributed by atoms with van der Waals surface area (Å²) in [6, 6.07) is 7.84. The summed E-state index contributed by atoms with van der Waals surface area (Å²) in [6.07, 6.45) is 0.394. The summed E-state index contributed by atoms with van der Waals surface area (Å²) in [4.78, 5) is 21.4. The van der Waals surface area contributed by atoms with E-state index in [2.05, 4.69) is 5.10 Å². The highest BCUT2D eigenvalue weighted by atomic mass is 16.7. The van der Waals surface area contributed by atoms with Crippen molar-refractivity contribution in [3.63, 3.8) is 0 Å². The van der Waals surface area contributed by atoms with Crippen molar-refractivity contribution in [2.24, 2.45) is 5.10 Å². The van der Waals surface area contributed by atoms with Crippen molar-refractivity contribution >= 4 is 5.69 Å². The molecule has 2 heterocycles. The van der Waals surface area contributed by atoms with E-state index in [1.807, 2.05) is 0 Å². The van der Waals surface area contributed by atoms with Crippen LogP contribution >= 0.6 is 0 Å². The van der Waals surface area contributed by atoms with Gasteiger partial charge in [0, 0.05) is 23.9 Å². The van der Waals surface area contributed by atoms with E-state index in [0.29, 0.717) is 11.3 Å². The van der Waals surface area contributed by atoms with Gasteiger partial charge in [-0.25, -0.2) is 10.1 Å². The number of nitro groups is 2. The number of hydrogen-bond acceptors (Lipinski definition) is 6. The van der Waals surface area contributed by atoms with Gasteiger partial charge in [0.15, 0.2) is 5.03 Å². The lowest BCUT2D eigenvalue weighted by Gasteiger charge is -2.42. The minimum absolute atomic E-state index is 0.00305. The molecule has 0 spiro atoms. The van der Waals surface area contributed by atoms with Crippen molar-refractivity contribution in [2.75, 3.05) is 0 Å². The quantitative estimate of drug-likeness (QED) is 0.653. The first-order valence-electron chi connectivity index (χ1n) is 7.72. The first-order chi connectivity index (χ1) is 12.2. The Kier molecular flexibility index (Phi) is 4.20. The lowest BCUT2D eigenvalue weighted by Crippen LogP contribution is -2.52. The van der Waals surface area contributed by atoms with Crippen LogP contribution in [-0.2, 0) is 0 Å². The fraction of sp³-hybridized carbons (Fsp3) is 0.312. The second kappa shape index (κ2) is 6.23. The van der Waals surface area contributed by atoms with Gasteiger partial charge in [-0.05, 0) is 32.0 Å². The van der Waals surface area contributed by atoms with Crippen molar-refractivity contribution < 1.29 is 19.8 Å². The Morgan fingerprint density at radius 1 is 1.23 bits per heavy atom. The molecule has 1 N–H and O–H groups in total. The predicted octanol–water partition coefficient (Wildman–Crippen LogP) is 1.61. The summed E-state index contributed by atoms with van der Waals surface area (Å²) in [5.74, 6) is 0.360. The molecule has 10 nitrogen and oxygen atoms in total. The monoisotopic (exact) mass is 360 g/mol. The molecule has 2 atom stereocenters. The minimum Gasteiger partial charge on any atom is -0.485 e. The van der Waals surface area contributed by atoms with E-state index in [0.717, 1.165) is 0 Å². The molecule has 1 aromatic heterocycles. The molecule has 0 saturated heterocycles. The molecule has 2 unspecified atom stereocenters. The second-order valence-electron chi connectivity index (χ2n) is 6.38. The third kappa shape index (κ3) is 3.02. The van der Waals surface area contributed by atoms with Gasteiger partial charge in [0.1, 0.15) is 17.5 Å². The fourth-order valence-corrected chi connectivity index (χ4v) is 3.02. The van der Waals surface area contributed by atoms with Crippen molar-refractivity contribution in [2.45, 2.75) is 31.6 Å². The largest absolute Gasteiger partial charge is 0.485 e. The van der Waals surface area contributed by atoms with E-state index in [1.165, 1.54) is 35.0 Å². The first-order valence-corrected chi connectivity index (χ1v) is 7.72. The number of benzene rings is 1. The fourth-order valence-electron chi connectivity index (χ4n) is 3.02. The molecule has 1 aromatic carbocycles. The topological polar surface area (TPSA) is 133 Å². The van der Waals surface area contributed by atoms with Crippen LogP contribution in [0, 0.1) is 20.2 Å². The summed E-state index contributed by atoms with van der Waals surface area (Å²) in [5, 5.41) is 35.4. The van der Waals surface area contributed by atoms with Gasteiger partial charge in [0.2, 0.25) is 5.49 Å². The van der Waals surface area contributed by atoms with E-state index < -0.39 is 27.7 Å². The zero-order chi connectivity index (χ0) is 19.1. The van der Waals surface area contributed by atoms with Gasteiger partial charge in [-0.2, -0.15) is 0 Å². The van der Waals surface area contributed by atoms with Gasteiger partial charge < -0.3 is 14.4 Å². The zero-order valence-electron chi connectivity index (χ0n) is 14.0. The second-order valence-corrected chi connectivity index (χ2v) is 6.38. The molecule has 3 rings (SSSR count). The number of rotatable bonds is 3. The van der Waals surface area contributed by atoms with Crippen LogP contribution in [0.3, 0.4) is 0 Å². The van der Waals surface area contributed by atoms with Gasteiger partial charge >= 0.3 is 0 Å². The van der Waals surface area contributed by atoms with Gasteiger partial charge in [-0.15, -0.1) is 0 Å². The maximum atomic E-state index is 11.1. The number of hydrogen-bond donors (Lipinski definition) is 1. The Bertz CT molecular complexity index is 952. The summed E-state index contributed by atoms with van der Waals surface area (Å²) in [7, 11) is 0. The summed E-state index contributed by atoms with van der Waals surface area (Å²) in [6.45, 7) is 3.34. The molecular weight excluding hydrogens is 344 g/mol. The van der Waals surface area contributed by atoms with Crippen LogP contribution in [0.4, 0.5) is 5.69 Å². The minimum atomic E-state index is -1.13. The average Bonchev–Trinajstić information content (AvgIpc) is 2.56. The molecule has 0 saturated carbocycles. The third-order valence-corrected chi connectivity index (χ3v) is 4.26. The van der Waals surface area contributed by atoms with Crippen molar-refractivity contribution in [1.82, 2.24) is 4.57 Å². The van der Waals surface area contributed by atoms with E-state index >= 15 is 0 Å². The average molecular weight is 360 g/mol. The number of nitro benzene ring substituents is 1. The van der Waals surface area contributed by atoms with E-state index in [9.17, 15) is 25.3 Å². The number of ether oxygens (including phenoxy) is 1. The zero-order valence-corrected chi connectivity index (χ0v) is 14.0. The maximum Gasteiger partial charge on any atom is 0.270 e. The van der Waals surface area contributed by atoms with Crippen LogP contribution in [0.1, 0.15) is 25.5 Å². The maximum absolute atomic E-state index is 11.1. The molecule has 0 aliphatic carbocycles. The number of aromatic nitrogens is 1. The molecule has 26 heavy (non-hydrogen) atoms.